The Balaban J connectivity index is 0.000000241. The van der Waals surface area contributed by atoms with Gasteiger partial charge in [0.1, 0.15) is 24.4 Å². The minimum atomic E-state index is -5.85. The number of phosphoric ester groups is 2. The van der Waals surface area contributed by atoms with Gasteiger partial charge < -0.3 is 91.2 Å². The molecule has 0 amide bonds. The van der Waals surface area contributed by atoms with E-state index in [1.807, 2.05) is 0 Å². The molecule has 6 aromatic rings. The third-order valence-electron chi connectivity index (χ3n) is 10.7. The van der Waals surface area contributed by atoms with Crippen LogP contribution in [0.25, 0.3) is 22.3 Å². The number of nitrogens with one attached hydrogen (secondary N) is 2. The summed E-state index contributed by atoms with van der Waals surface area (Å²) in [7, 11) is -34.2. The lowest BCUT2D eigenvalue weighted by Gasteiger charge is -2.22. The Morgan fingerprint density at radius 1 is 0.571 bits per heavy atom. The molecule has 2 aliphatic heterocycles. The number of carbonyl (C=O) groups excluding carboxylic acids is 2. The van der Waals surface area contributed by atoms with E-state index in [9.17, 15) is 76.4 Å². The number of ether oxygens (including phenoxy) is 4. The smallest absolute Gasteiger partial charge is 0.453 e. The summed E-state index contributed by atoms with van der Waals surface area (Å²) in [6.45, 7) is -2.21. The van der Waals surface area contributed by atoms with E-state index in [2.05, 4.69) is 88.1 Å². The van der Waals surface area contributed by atoms with Crippen molar-refractivity contribution >= 4 is 136 Å². The average Bonchev–Trinajstić information content (AvgIpc) is 3.11. The highest BCUT2D eigenvalue weighted by Crippen LogP contribution is 2.67. The van der Waals surface area contributed by atoms with Gasteiger partial charge in [-0.05, 0) is 36.4 Å². The lowest BCUT2D eigenvalue weighted by atomic mass is 10.1. The molecule has 0 bridgehead atoms. The largest absolute Gasteiger partial charge is 0.490 e. The van der Waals surface area contributed by atoms with Crippen LogP contribution in [0.15, 0.2) is 67.6 Å². The topological polar surface area (TPSA) is 662 Å². The van der Waals surface area contributed by atoms with Crippen LogP contribution in [0, 0.1) is 0 Å². The van der Waals surface area contributed by atoms with Crippen molar-refractivity contribution in [2.45, 2.75) is 49.1 Å². The number of anilines is 4. The molecule has 12 unspecified atom stereocenters. The van der Waals surface area contributed by atoms with Crippen molar-refractivity contribution in [2.24, 2.45) is 0 Å². The monoisotopic (exact) mass is 1440 g/mol. The van der Waals surface area contributed by atoms with Crippen molar-refractivity contribution in [3.05, 3.63) is 89.8 Å². The summed E-state index contributed by atoms with van der Waals surface area (Å²) in [4.78, 5) is 144. The molecule has 6 heterocycles. The number of aromatic amines is 2. The number of hydrogen-bond donors (Lipinski definition) is 16. The van der Waals surface area contributed by atoms with E-state index < -0.39 is 132 Å². The van der Waals surface area contributed by atoms with Crippen molar-refractivity contribution in [1.29, 1.82) is 0 Å². The van der Waals surface area contributed by atoms with Crippen LogP contribution < -0.4 is 34.1 Å². The third-order valence-corrected chi connectivity index (χ3v) is 19.3. The fourth-order valence-electron chi connectivity index (χ4n) is 7.42. The molecule has 2 saturated heterocycles. The van der Waals surface area contributed by atoms with E-state index in [4.69, 9.17) is 61.5 Å². The van der Waals surface area contributed by atoms with Gasteiger partial charge in [0.2, 0.25) is 11.9 Å². The van der Waals surface area contributed by atoms with Gasteiger partial charge in [-0.25, -0.2) is 46.9 Å². The number of rotatable bonds is 20. The zero-order chi connectivity index (χ0) is 62.4. The van der Waals surface area contributed by atoms with Crippen LogP contribution in [-0.2, 0) is 72.6 Å². The maximum atomic E-state index is 13.0. The molecule has 0 spiro atoms. The molecule has 2 aliphatic rings. The molecule has 84 heavy (non-hydrogen) atoms. The summed E-state index contributed by atoms with van der Waals surface area (Å²) in [5, 5.41) is 22.1. The van der Waals surface area contributed by atoms with Crippen molar-refractivity contribution in [3.63, 3.8) is 0 Å². The first-order valence-corrected chi connectivity index (χ1v) is 32.5. The van der Waals surface area contributed by atoms with Crippen molar-refractivity contribution in [1.82, 2.24) is 39.0 Å². The standard InChI is InChI=1S/2C17H20BrN6O15P3/c18-6-1-2-8(19)7(3-6)16(27)37-12-9(4-35-41(31,32)39-42(33,34)38-40(28,29)30)36-15(11(12)25)24-5-21-10-13(24)22-17(20)23-14(10)26;18-6-1-2-8(19)7(3-6)16(27)37-12-11(25)9(4-35-41(31,32)39-42(33,34)38-40(28,29)30)36-15(12)24-5-21-10-13(24)22-17(20)23-14(10)26/h2*1-3,5,9,11-12,15,25H,4,19H2,(H,31,32)(H,33,34)(H2,28,29,30)(H3,20,22,23,26). The van der Waals surface area contributed by atoms with Gasteiger partial charge in [0.25, 0.3) is 11.1 Å². The number of aliphatic hydroxyl groups excluding tert-OH is 2. The van der Waals surface area contributed by atoms with E-state index in [0.29, 0.717) is 8.95 Å². The third kappa shape index (κ3) is 16.7. The number of carbonyl (C=O) groups is 2. The Morgan fingerprint density at radius 3 is 1.39 bits per heavy atom. The number of esters is 2. The highest BCUT2D eigenvalue weighted by atomic mass is 79.9. The van der Waals surface area contributed by atoms with E-state index in [1.165, 1.54) is 30.3 Å². The number of halogens is 2. The van der Waals surface area contributed by atoms with E-state index in [0.717, 1.165) is 21.8 Å². The summed E-state index contributed by atoms with van der Waals surface area (Å²) in [5.74, 6) is -2.78. The normalized spacial score (nSPS) is 23.9. The molecule has 4 aromatic heterocycles. The van der Waals surface area contributed by atoms with Gasteiger partial charge in [0.05, 0.1) is 37.0 Å². The van der Waals surface area contributed by atoms with Crippen LogP contribution in [0.3, 0.4) is 0 Å². The number of nitrogens with two attached hydrogens (primary N) is 4. The molecule has 12 atom stereocenters. The van der Waals surface area contributed by atoms with Crippen LogP contribution in [-0.4, -0.2) is 150 Å². The minimum Gasteiger partial charge on any atom is -0.453 e. The molecule has 0 radical (unpaired) electrons. The van der Waals surface area contributed by atoms with Crippen molar-refractivity contribution in [3.8, 4) is 0 Å². The average molecular weight is 1440 g/mol. The summed E-state index contributed by atoms with van der Waals surface area (Å²) < 4.78 is 118. The first-order chi connectivity index (χ1) is 38.7. The molecule has 0 aliphatic carbocycles. The van der Waals surface area contributed by atoms with Gasteiger partial charge in [0.15, 0.2) is 47.0 Å². The quantitative estimate of drug-likeness (QED) is 0.0266. The second-order valence-electron chi connectivity index (χ2n) is 16.6. The highest BCUT2D eigenvalue weighted by molar-refractivity contribution is 9.10. The Hall–Kier alpha value is -5.10. The maximum Gasteiger partial charge on any atom is 0.490 e. The van der Waals surface area contributed by atoms with Gasteiger partial charge in [-0.3, -0.25) is 37.7 Å². The van der Waals surface area contributed by atoms with Gasteiger partial charge in [-0.1, -0.05) is 31.9 Å². The van der Waals surface area contributed by atoms with Gasteiger partial charge in [0, 0.05) is 20.3 Å². The van der Waals surface area contributed by atoms with Gasteiger partial charge >= 0.3 is 58.9 Å². The van der Waals surface area contributed by atoms with Crippen molar-refractivity contribution < 1.29 is 132 Å². The predicted molar refractivity (Wildman–Crippen MR) is 280 cm³/mol. The number of imidazole rings is 2. The second-order valence-corrected chi connectivity index (χ2v) is 27.3. The molecule has 460 valence electrons. The molecule has 0 saturated carbocycles. The summed E-state index contributed by atoms with van der Waals surface area (Å²) in [6, 6.07) is 8.49. The predicted octanol–water partition coefficient (Wildman–Crippen LogP) is -0.253. The lowest BCUT2D eigenvalue weighted by Crippen LogP contribution is -2.38. The Bertz CT molecular complexity index is 3950. The van der Waals surface area contributed by atoms with E-state index in [-0.39, 0.29) is 56.7 Å². The van der Waals surface area contributed by atoms with Crippen LogP contribution in [0.5, 0.6) is 0 Å². The Morgan fingerprint density at radius 2 is 0.964 bits per heavy atom. The number of benzene rings is 2. The highest BCUT2D eigenvalue weighted by Gasteiger charge is 2.52. The number of hydrogen-bond acceptors (Lipinski definition) is 30. The SMILES string of the molecule is Nc1nc2c(ncn2C2OC(COP(=O)(O)OP(=O)(O)OP(=O)(O)O)C(O)C2OC(=O)c2cc(Br)ccc2N)c(=O)[nH]1.Nc1nc2c(ncn2C2OC(COP(=O)(O)OP(=O)(O)OP(=O)(O)O)C(OC(=O)c3cc(Br)ccc3N)C2O)c(=O)[nH]1. The van der Waals surface area contributed by atoms with Crippen LogP contribution >= 0.6 is 78.8 Å². The van der Waals surface area contributed by atoms with E-state index in [1.54, 1.807) is 6.07 Å². The summed E-state index contributed by atoms with van der Waals surface area (Å²) in [5.41, 5.74) is 20.4. The number of fused-ring (bicyclic) bond motifs is 2. The minimum absolute atomic E-state index is 0.00594. The first kappa shape index (κ1) is 66.4. The van der Waals surface area contributed by atoms with Crippen LogP contribution in [0.4, 0.5) is 23.3 Å². The zero-order valence-corrected chi connectivity index (χ0v) is 49.3. The number of nitrogens with zero attached hydrogens (tertiary/aromatic N) is 6. The van der Waals surface area contributed by atoms with Gasteiger partial charge in [-0.15, -0.1) is 0 Å². The summed E-state index contributed by atoms with van der Waals surface area (Å²) >= 11 is 6.36. The van der Waals surface area contributed by atoms with Crippen molar-refractivity contribution in [2.75, 3.05) is 36.1 Å². The number of nitrogen functional groups attached to an aromatic ring is 4. The Kier molecular flexibility index (Phi) is 20.0. The fraction of sp³-hybridized carbons (Fsp3) is 0.294. The Labute approximate surface area is 480 Å². The molecule has 20 N–H and O–H groups in total. The van der Waals surface area contributed by atoms with Crippen LogP contribution in [0.2, 0.25) is 0 Å². The molecule has 2 fully saturated rings. The number of aliphatic hydroxyl groups is 2. The number of aromatic nitrogens is 8. The zero-order valence-electron chi connectivity index (χ0n) is 40.7. The summed E-state index contributed by atoms with van der Waals surface area (Å²) in [6.07, 6.45) is -11.4. The second kappa shape index (κ2) is 25.3. The molecular weight excluding hydrogens is 1400 g/mol. The van der Waals surface area contributed by atoms with Gasteiger partial charge in [-0.2, -0.15) is 27.2 Å². The molecule has 2 aromatic carbocycles. The first-order valence-electron chi connectivity index (χ1n) is 21.9. The fourth-order valence-corrected chi connectivity index (χ4v) is 14.2. The van der Waals surface area contributed by atoms with Crippen LogP contribution in [0.1, 0.15) is 33.2 Å². The lowest BCUT2D eigenvalue weighted by molar-refractivity contribution is -0.0557. The molecular formula is C34H40Br2N12O30P6. The van der Waals surface area contributed by atoms with E-state index >= 15 is 0 Å². The maximum absolute atomic E-state index is 13.0. The number of phosphoric acid groups is 6. The molecule has 8 rings (SSSR count). The molecule has 42 nitrogen and oxygen atoms in total. The molecule has 50 heteroatoms. The number of H-pyrrole nitrogens is 2.